The average molecular weight is 606 g/mol. The number of fused-ring (bicyclic) bond motifs is 2. The molecule has 3 N–H and O–H groups in total. The highest BCUT2D eigenvalue weighted by Crippen LogP contribution is 2.33. The molecule has 230 valence electrons. The fourth-order valence-electron chi connectivity index (χ4n) is 5.39. The Labute approximate surface area is 261 Å². The summed E-state index contributed by atoms with van der Waals surface area (Å²) in [5.74, 6) is 0.306. The lowest BCUT2D eigenvalue weighted by Crippen LogP contribution is -2.21. The number of likely N-dealkylation sites (N-methyl/N-ethyl adjacent to an activating group) is 1. The van der Waals surface area contributed by atoms with Crippen LogP contribution >= 0.6 is 0 Å². The molecule has 45 heavy (non-hydrogen) atoms. The van der Waals surface area contributed by atoms with Crippen molar-refractivity contribution >= 4 is 28.2 Å². The molecule has 6 rings (SSSR count). The SMILES string of the molecule is CC(C)CC(=O)Nc1cncc(-c2ccc3c(c2)C(c2cc4c(-c5cc(F)cc(OCCN(C)C)c5)nccc4[nH]2)=NNC3)c1. The molecule has 0 unspecified atom stereocenters. The van der Waals surface area contributed by atoms with Crippen LogP contribution < -0.4 is 15.5 Å². The number of aromatic nitrogens is 3. The first-order chi connectivity index (χ1) is 21.7. The summed E-state index contributed by atoms with van der Waals surface area (Å²) in [5, 5.41) is 8.49. The number of hydrogen-bond donors (Lipinski definition) is 3. The Morgan fingerprint density at radius 1 is 1.04 bits per heavy atom. The highest BCUT2D eigenvalue weighted by atomic mass is 19.1. The molecule has 0 radical (unpaired) electrons. The highest BCUT2D eigenvalue weighted by Gasteiger charge is 2.21. The van der Waals surface area contributed by atoms with Crippen LogP contribution in [0, 0.1) is 11.7 Å². The second-order valence-corrected chi connectivity index (χ2v) is 11.9. The van der Waals surface area contributed by atoms with Gasteiger partial charge in [0.1, 0.15) is 23.9 Å². The number of hydrogen-bond acceptors (Lipinski definition) is 7. The lowest BCUT2D eigenvalue weighted by molar-refractivity contribution is -0.116. The zero-order valence-corrected chi connectivity index (χ0v) is 25.8. The second kappa shape index (κ2) is 12.9. The van der Waals surface area contributed by atoms with Crippen molar-refractivity contribution in [3.63, 3.8) is 0 Å². The first-order valence-electron chi connectivity index (χ1n) is 15.0. The summed E-state index contributed by atoms with van der Waals surface area (Å²) < 4.78 is 20.5. The Balaban J connectivity index is 1.32. The number of nitrogens with one attached hydrogen (secondary N) is 3. The van der Waals surface area contributed by atoms with Gasteiger partial charge >= 0.3 is 0 Å². The number of rotatable bonds is 10. The topological polar surface area (TPSA) is 108 Å². The van der Waals surface area contributed by atoms with Gasteiger partial charge in [-0.15, -0.1) is 0 Å². The third-order valence-electron chi connectivity index (χ3n) is 7.53. The summed E-state index contributed by atoms with van der Waals surface area (Å²) in [4.78, 5) is 26.9. The van der Waals surface area contributed by atoms with E-state index < -0.39 is 0 Å². The number of carbonyl (C=O) groups excluding carboxylic acids is 1. The van der Waals surface area contributed by atoms with E-state index in [-0.39, 0.29) is 17.6 Å². The van der Waals surface area contributed by atoms with E-state index >= 15 is 0 Å². The minimum Gasteiger partial charge on any atom is -0.492 e. The summed E-state index contributed by atoms with van der Waals surface area (Å²) in [6.07, 6.45) is 5.60. The second-order valence-electron chi connectivity index (χ2n) is 11.9. The number of halogens is 1. The number of aromatic amines is 1. The molecule has 0 aliphatic carbocycles. The quantitative estimate of drug-likeness (QED) is 0.175. The molecule has 4 heterocycles. The number of H-pyrrole nitrogens is 1. The maximum Gasteiger partial charge on any atom is 0.224 e. The van der Waals surface area contributed by atoms with Gasteiger partial charge in [0.15, 0.2) is 0 Å². The van der Waals surface area contributed by atoms with Crippen molar-refractivity contribution < 1.29 is 13.9 Å². The van der Waals surface area contributed by atoms with Crippen molar-refractivity contribution in [1.29, 1.82) is 0 Å². The van der Waals surface area contributed by atoms with Gasteiger partial charge in [-0.25, -0.2) is 4.39 Å². The third-order valence-corrected chi connectivity index (χ3v) is 7.53. The van der Waals surface area contributed by atoms with E-state index in [1.165, 1.54) is 12.1 Å². The third kappa shape index (κ3) is 6.86. The average Bonchev–Trinajstić information content (AvgIpc) is 3.44. The Kier molecular flexibility index (Phi) is 8.57. The highest BCUT2D eigenvalue weighted by molar-refractivity contribution is 6.16. The summed E-state index contributed by atoms with van der Waals surface area (Å²) in [7, 11) is 3.93. The van der Waals surface area contributed by atoms with Crippen LogP contribution in [0.2, 0.25) is 0 Å². The minimum absolute atomic E-state index is 0.0335. The first-order valence-corrected chi connectivity index (χ1v) is 15.0. The predicted octanol–water partition coefficient (Wildman–Crippen LogP) is 6.21. The largest absolute Gasteiger partial charge is 0.492 e. The van der Waals surface area contributed by atoms with Gasteiger partial charge in [-0.05, 0) is 67.5 Å². The number of amides is 1. The zero-order chi connectivity index (χ0) is 31.5. The first kappa shape index (κ1) is 30.0. The van der Waals surface area contributed by atoms with Gasteiger partial charge in [-0.1, -0.05) is 26.0 Å². The lowest BCUT2D eigenvalue weighted by atomic mass is 9.94. The van der Waals surface area contributed by atoms with Crippen LogP contribution in [0.4, 0.5) is 10.1 Å². The van der Waals surface area contributed by atoms with E-state index in [1.54, 1.807) is 18.6 Å². The normalized spacial score (nSPS) is 12.6. The van der Waals surface area contributed by atoms with Gasteiger partial charge in [-0.2, -0.15) is 5.10 Å². The molecular formula is C35H36FN7O2. The Morgan fingerprint density at radius 2 is 1.91 bits per heavy atom. The van der Waals surface area contributed by atoms with Gasteiger partial charge in [-0.3, -0.25) is 14.8 Å². The molecule has 10 heteroatoms. The molecule has 0 atom stereocenters. The summed E-state index contributed by atoms with van der Waals surface area (Å²) >= 11 is 0. The van der Waals surface area contributed by atoms with Gasteiger partial charge in [0.25, 0.3) is 0 Å². The molecule has 0 saturated heterocycles. The monoisotopic (exact) mass is 605 g/mol. The number of anilines is 1. The number of pyridine rings is 2. The van der Waals surface area contributed by atoms with Crippen LogP contribution in [0.1, 0.15) is 37.1 Å². The molecule has 0 fully saturated rings. The van der Waals surface area contributed by atoms with E-state index in [1.807, 2.05) is 57.1 Å². The van der Waals surface area contributed by atoms with Gasteiger partial charge < -0.3 is 25.4 Å². The van der Waals surface area contributed by atoms with E-state index in [0.29, 0.717) is 42.3 Å². The van der Waals surface area contributed by atoms with Crippen molar-refractivity contribution in [2.75, 3.05) is 32.6 Å². The molecule has 9 nitrogen and oxygen atoms in total. The Morgan fingerprint density at radius 3 is 2.73 bits per heavy atom. The maximum atomic E-state index is 14.7. The number of hydrazone groups is 1. The number of benzene rings is 2. The number of carbonyl (C=O) groups is 1. The van der Waals surface area contributed by atoms with Crippen LogP contribution in [0.5, 0.6) is 5.75 Å². The van der Waals surface area contributed by atoms with Crippen molar-refractivity contribution in [1.82, 2.24) is 25.3 Å². The van der Waals surface area contributed by atoms with E-state index in [4.69, 9.17) is 9.84 Å². The minimum atomic E-state index is -0.387. The van der Waals surface area contributed by atoms with E-state index in [0.717, 1.165) is 51.1 Å². The molecule has 1 aliphatic heterocycles. The fourth-order valence-corrected chi connectivity index (χ4v) is 5.39. The summed E-state index contributed by atoms with van der Waals surface area (Å²) in [6.45, 7) is 5.79. The van der Waals surface area contributed by atoms with E-state index in [9.17, 15) is 9.18 Å². The van der Waals surface area contributed by atoms with Crippen LogP contribution in [0.15, 0.2) is 78.3 Å². The van der Waals surface area contributed by atoms with Crippen LogP contribution in [-0.4, -0.2) is 58.7 Å². The van der Waals surface area contributed by atoms with Crippen molar-refractivity contribution in [2.24, 2.45) is 11.0 Å². The molecule has 0 saturated carbocycles. The molecule has 1 amide bonds. The molecule has 5 aromatic rings. The summed E-state index contributed by atoms with van der Waals surface area (Å²) in [6, 6.07) is 16.8. The van der Waals surface area contributed by atoms with Crippen LogP contribution in [0.3, 0.4) is 0 Å². The van der Waals surface area contributed by atoms with Crippen LogP contribution in [0.25, 0.3) is 33.3 Å². The Hall–Kier alpha value is -5.09. The number of nitrogens with zero attached hydrogens (tertiary/aromatic N) is 4. The molecular weight excluding hydrogens is 569 g/mol. The zero-order valence-electron chi connectivity index (χ0n) is 25.8. The predicted molar refractivity (Wildman–Crippen MR) is 176 cm³/mol. The molecule has 3 aromatic heterocycles. The molecule has 1 aliphatic rings. The smallest absolute Gasteiger partial charge is 0.224 e. The van der Waals surface area contributed by atoms with Crippen molar-refractivity contribution in [2.45, 2.75) is 26.8 Å². The van der Waals surface area contributed by atoms with Crippen molar-refractivity contribution in [3.8, 4) is 28.1 Å². The summed E-state index contributed by atoms with van der Waals surface area (Å²) in [5.41, 5.74) is 11.4. The molecule has 0 spiro atoms. The molecule has 0 bridgehead atoms. The lowest BCUT2D eigenvalue weighted by Gasteiger charge is -2.18. The standard InChI is InChI=1S/C35H36FN7O2/c1-21(2)11-33(44)40-27-13-25(18-37-20-27)22-5-6-23-19-39-42-35(29(23)15-22)32-17-30-31(41-32)7-8-38-34(30)24-12-26(36)16-28(14-24)45-10-9-43(3)4/h5-8,12-18,20-21,39,41H,9-11,19H2,1-4H3,(H,40,44). The number of ether oxygens (including phenoxy) is 1. The van der Waals surface area contributed by atoms with Gasteiger partial charge in [0.2, 0.25) is 5.91 Å². The van der Waals surface area contributed by atoms with Gasteiger partial charge in [0.05, 0.1) is 29.8 Å². The maximum absolute atomic E-state index is 14.7. The fraction of sp³-hybridized carbons (Fsp3) is 0.257. The van der Waals surface area contributed by atoms with Crippen LogP contribution in [-0.2, 0) is 11.3 Å². The Bertz CT molecular complexity index is 1900. The molecule has 2 aromatic carbocycles. The van der Waals surface area contributed by atoms with E-state index in [2.05, 4.69) is 43.9 Å². The van der Waals surface area contributed by atoms with Crippen molar-refractivity contribution in [3.05, 3.63) is 95.8 Å². The van der Waals surface area contributed by atoms with Gasteiger partial charge in [0, 0.05) is 59.0 Å².